The predicted octanol–water partition coefficient (Wildman–Crippen LogP) is 6.88. The Balaban J connectivity index is 1.47. The van der Waals surface area contributed by atoms with E-state index in [0.29, 0.717) is 21.6 Å². The lowest BCUT2D eigenvalue weighted by Gasteiger charge is -2.20. The van der Waals surface area contributed by atoms with Gasteiger partial charge >= 0.3 is 5.97 Å². The van der Waals surface area contributed by atoms with E-state index < -0.39 is 18.0 Å². The average molecular weight is 507 g/mol. The zero-order chi connectivity index (χ0) is 23.4. The Kier molecular flexibility index (Phi) is 7.83. The van der Waals surface area contributed by atoms with Crippen LogP contribution in [-0.4, -0.2) is 28.2 Å². The molecule has 9 heteroatoms. The molecule has 0 radical (unpaired) electrons. The van der Waals surface area contributed by atoms with Gasteiger partial charge in [0.05, 0.1) is 10.0 Å². The monoisotopic (exact) mass is 506 g/mol. The maximum absolute atomic E-state index is 13.0. The smallest absolute Gasteiger partial charge is 0.375 e. The molecule has 0 saturated heterocycles. The molecular formula is C24H24Cl2N2O4S. The summed E-state index contributed by atoms with van der Waals surface area (Å²) in [5.41, 5.74) is 1.43. The third kappa shape index (κ3) is 5.83. The Morgan fingerprint density at radius 1 is 1.24 bits per heavy atom. The minimum Gasteiger partial charge on any atom is -0.449 e. The van der Waals surface area contributed by atoms with Gasteiger partial charge in [-0.25, -0.2) is 9.78 Å². The van der Waals surface area contributed by atoms with Crippen molar-refractivity contribution >= 4 is 63.6 Å². The van der Waals surface area contributed by atoms with Crippen molar-refractivity contribution in [1.29, 1.82) is 0 Å². The Morgan fingerprint density at radius 2 is 2.00 bits per heavy atom. The van der Waals surface area contributed by atoms with Crippen molar-refractivity contribution in [3.8, 4) is 0 Å². The topological polar surface area (TPSA) is 81.4 Å². The Morgan fingerprint density at radius 3 is 2.76 bits per heavy atom. The Bertz CT molecular complexity index is 1160. The van der Waals surface area contributed by atoms with Crippen molar-refractivity contribution < 1.29 is 18.7 Å². The number of aromatic nitrogens is 1. The number of para-hydroxylation sites is 1. The number of furan rings is 1. The number of ether oxygens (including phenoxy) is 1. The highest BCUT2D eigenvalue weighted by molar-refractivity contribution is 7.99. The van der Waals surface area contributed by atoms with Crippen LogP contribution in [0.3, 0.4) is 0 Å². The number of hydrogen-bond donors (Lipinski definition) is 1. The molecule has 33 heavy (non-hydrogen) atoms. The Hall–Kier alpha value is -2.22. The molecule has 2 heterocycles. The molecule has 0 bridgehead atoms. The summed E-state index contributed by atoms with van der Waals surface area (Å²) in [6.45, 7) is 1.48. The van der Waals surface area contributed by atoms with E-state index in [1.54, 1.807) is 0 Å². The summed E-state index contributed by atoms with van der Waals surface area (Å²) in [5.74, 6) is -0.307. The molecule has 1 fully saturated rings. The minimum absolute atomic E-state index is 0.141. The lowest BCUT2D eigenvalue weighted by Crippen LogP contribution is -2.30. The van der Waals surface area contributed by atoms with Gasteiger partial charge in [0.2, 0.25) is 5.76 Å². The molecule has 4 rings (SSSR count). The van der Waals surface area contributed by atoms with Crippen LogP contribution in [0.2, 0.25) is 10.0 Å². The predicted molar refractivity (Wildman–Crippen MR) is 132 cm³/mol. The van der Waals surface area contributed by atoms with E-state index in [1.807, 2.05) is 36.0 Å². The van der Waals surface area contributed by atoms with E-state index in [4.69, 9.17) is 32.4 Å². The van der Waals surface area contributed by atoms with Crippen molar-refractivity contribution in [3.05, 3.63) is 57.9 Å². The van der Waals surface area contributed by atoms with Crippen LogP contribution in [0, 0.1) is 0 Å². The molecule has 1 unspecified atom stereocenters. The summed E-state index contributed by atoms with van der Waals surface area (Å²) >= 11 is 13.7. The van der Waals surface area contributed by atoms with Crippen LogP contribution < -0.4 is 5.32 Å². The van der Waals surface area contributed by atoms with Gasteiger partial charge in [0.1, 0.15) is 5.58 Å². The molecule has 1 saturated carbocycles. The van der Waals surface area contributed by atoms with Crippen LogP contribution in [0.4, 0.5) is 5.82 Å². The number of hydrogen-bond acceptors (Lipinski definition) is 6. The van der Waals surface area contributed by atoms with E-state index in [0.717, 1.165) is 10.9 Å². The number of fused-ring (bicyclic) bond motifs is 1. The molecule has 1 aliphatic rings. The minimum atomic E-state index is -1.09. The number of esters is 1. The van der Waals surface area contributed by atoms with E-state index in [9.17, 15) is 9.59 Å². The molecule has 0 spiro atoms. The number of nitrogens with one attached hydrogen (secondary N) is 1. The molecule has 1 amide bonds. The van der Waals surface area contributed by atoms with Crippen LogP contribution in [-0.2, 0) is 15.3 Å². The summed E-state index contributed by atoms with van der Waals surface area (Å²) in [6.07, 6.45) is 6.45. The summed E-state index contributed by atoms with van der Waals surface area (Å²) < 4.78 is 11.3. The summed E-state index contributed by atoms with van der Waals surface area (Å²) in [7, 11) is 0. The second-order valence-electron chi connectivity index (χ2n) is 8.00. The molecule has 6 nitrogen and oxygen atoms in total. The molecule has 1 N–H and O–H groups in total. The number of benzene rings is 1. The molecular weight excluding hydrogens is 483 g/mol. The van der Waals surface area contributed by atoms with Gasteiger partial charge in [-0.3, -0.25) is 4.79 Å². The van der Waals surface area contributed by atoms with Crippen LogP contribution in [0.5, 0.6) is 0 Å². The Labute approximate surface area is 206 Å². The molecule has 2 aromatic heterocycles. The number of carbonyl (C=O) groups excluding carboxylic acids is 2. The molecule has 1 aliphatic carbocycles. The number of pyridine rings is 1. The first-order chi connectivity index (χ1) is 15.9. The fourth-order valence-electron chi connectivity index (χ4n) is 3.83. The molecule has 1 atom stereocenters. The van der Waals surface area contributed by atoms with Crippen LogP contribution in [0.25, 0.3) is 11.0 Å². The zero-order valence-electron chi connectivity index (χ0n) is 18.1. The number of anilines is 1. The number of carbonyl (C=O) groups is 2. The van der Waals surface area contributed by atoms with Crippen molar-refractivity contribution in [2.75, 3.05) is 5.32 Å². The normalized spacial score (nSPS) is 15.4. The van der Waals surface area contributed by atoms with Crippen molar-refractivity contribution in [2.45, 2.75) is 56.1 Å². The van der Waals surface area contributed by atoms with Crippen LogP contribution in [0.1, 0.15) is 55.1 Å². The number of amides is 1. The third-order valence-electron chi connectivity index (χ3n) is 5.60. The van der Waals surface area contributed by atoms with Crippen molar-refractivity contribution in [3.63, 3.8) is 0 Å². The number of nitrogens with zero attached hydrogens (tertiary/aromatic N) is 1. The van der Waals surface area contributed by atoms with Gasteiger partial charge in [-0.2, -0.15) is 11.8 Å². The molecule has 1 aromatic carbocycles. The lowest BCUT2D eigenvalue weighted by molar-refractivity contribution is -0.123. The highest BCUT2D eigenvalue weighted by Gasteiger charge is 2.27. The zero-order valence-corrected chi connectivity index (χ0v) is 20.4. The van der Waals surface area contributed by atoms with E-state index >= 15 is 0 Å². The fraction of sp³-hybridized carbons (Fsp3) is 0.375. The lowest BCUT2D eigenvalue weighted by atomic mass is 10.0. The van der Waals surface area contributed by atoms with E-state index in [1.165, 1.54) is 51.3 Å². The highest BCUT2D eigenvalue weighted by atomic mass is 35.5. The summed E-state index contributed by atoms with van der Waals surface area (Å²) in [6, 6.07) is 9.01. The van der Waals surface area contributed by atoms with Gasteiger partial charge in [-0.1, -0.05) is 60.7 Å². The number of halogens is 2. The standard InChI is InChI=1S/C24H24Cl2N2O4S/c1-14(23(29)28-22-19(26)11-15(25)12-27-22)31-24(30)21-18(13-33-16-7-3-2-4-8-16)17-9-5-6-10-20(17)32-21/h5-6,9-12,14,16H,2-4,7-8,13H2,1H3,(H,27,28,29). The third-order valence-corrected chi connectivity index (χ3v) is 7.49. The molecule has 174 valence electrons. The second-order valence-corrected chi connectivity index (χ2v) is 10.1. The quantitative estimate of drug-likeness (QED) is 0.351. The van der Waals surface area contributed by atoms with Gasteiger partial charge in [0.15, 0.2) is 11.9 Å². The maximum Gasteiger partial charge on any atom is 0.375 e. The van der Waals surface area contributed by atoms with Gasteiger partial charge in [-0.15, -0.1) is 0 Å². The fourth-order valence-corrected chi connectivity index (χ4v) is 5.62. The van der Waals surface area contributed by atoms with E-state index in [-0.39, 0.29) is 16.6 Å². The number of rotatable bonds is 7. The first kappa shape index (κ1) is 23.9. The first-order valence-electron chi connectivity index (χ1n) is 10.9. The SMILES string of the molecule is CC(OC(=O)c1oc2ccccc2c1CSC1CCCCC1)C(=O)Nc1ncc(Cl)cc1Cl. The second kappa shape index (κ2) is 10.8. The maximum atomic E-state index is 13.0. The van der Waals surface area contributed by atoms with Crippen molar-refractivity contribution in [2.24, 2.45) is 0 Å². The van der Waals surface area contributed by atoms with Gasteiger partial charge in [0.25, 0.3) is 5.91 Å². The molecule has 0 aliphatic heterocycles. The summed E-state index contributed by atoms with van der Waals surface area (Å²) in [5, 5.41) is 4.56. The largest absolute Gasteiger partial charge is 0.449 e. The molecule has 3 aromatic rings. The summed E-state index contributed by atoms with van der Waals surface area (Å²) in [4.78, 5) is 29.5. The van der Waals surface area contributed by atoms with Gasteiger partial charge < -0.3 is 14.5 Å². The van der Waals surface area contributed by atoms with Crippen LogP contribution in [0.15, 0.2) is 40.9 Å². The van der Waals surface area contributed by atoms with Gasteiger partial charge in [0, 0.05) is 28.1 Å². The van der Waals surface area contributed by atoms with Crippen molar-refractivity contribution in [1.82, 2.24) is 4.98 Å². The number of thioether (sulfide) groups is 1. The van der Waals surface area contributed by atoms with Crippen LogP contribution >= 0.6 is 35.0 Å². The highest BCUT2D eigenvalue weighted by Crippen LogP contribution is 2.35. The van der Waals surface area contributed by atoms with Gasteiger partial charge in [-0.05, 0) is 31.9 Å². The first-order valence-corrected chi connectivity index (χ1v) is 12.7. The average Bonchev–Trinajstić information content (AvgIpc) is 3.19. The van der Waals surface area contributed by atoms with E-state index in [2.05, 4.69) is 10.3 Å².